The summed E-state index contributed by atoms with van der Waals surface area (Å²) in [4.78, 5) is 19.5. The van der Waals surface area contributed by atoms with Gasteiger partial charge in [0.2, 0.25) is 0 Å². The lowest BCUT2D eigenvalue weighted by Gasteiger charge is -2.31. The van der Waals surface area contributed by atoms with Crippen LogP contribution in [0.3, 0.4) is 0 Å². The molecule has 7 heteroatoms. The minimum atomic E-state index is -2.66. The predicted molar refractivity (Wildman–Crippen MR) is 153 cm³/mol. The van der Waals surface area contributed by atoms with Gasteiger partial charge in [0.1, 0.15) is 11.5 Å². The van der Waals surface area contributed by atoms with Gasteiger partial charge in [-0.15, -0.1) is 0 Å². The fraction of sp³-hybridized carbons (Fsp3) is 0.586. The quantitative estimate of drug-likeness (QED) is 0.197. The normalized spacial score (nSPS) is 13.2. The number of hydrogen-bond acceptors (Lipinski definition) is 5. The van der Waals surface area contributed by atoms with Crippen molar-refractivity contribution in [2.75, 3.05) is 0 Å². The Morgan fingerprint density at radius 2 is 1.33 bits per heavy atom. The fourth-order valence-corrected chi connectivity index (χ4v) is 5.61. The summed E-state index contributed by atoms with van der Waals surface area (Å²) in [5.41, 5.74) is 3.91. The molecule has 0 radical (unpaired) electrons. The summed E-state index contributed by atoms with van der Waals surface area (Å²) in [6.07, 6.45) is 8.21. The molecule has 1 atom stereocenters. The predicted octanol–water partition coefficient (Wildman–Crippen LogP) is 9.41. The van der Waals surface area contributed by atoms with Gasteiger partial charge < -0.3 is 18.8 Å². The first kappa shape index (κ1) is 31.0. The minimum Gasteiger partial charge on any atom is -0.417 e. The highest BCUT2D eigenvalue weighted by Gasteiger charge is 2.32. The molecular formula is C29H46O5P2. The first-order valence-corrected chi connectivity index (χ1v) is 15.3. The molecule has 0 aliphatic rings. The number of rotatable bonds is 13. The van der Waals surface area contributed by atoms with Crippen LogP contribution in [0.2, 0.25) is 0 Å². The first-order valence-electron chi connectivity index (χ1n) is 13.1. The zero-order valence-corrected chi connectivity index (χ0v) is 25.2. The highest BCUT2D eigenvalue weighted by molar-refractivity contribution is 7.55. The maximum absolute atomic E-state index is 9.75. The average Bonchev–Trinajstić information content (AvgIpc) is 2.76. The van der Waals surface area contributed by atoms with E-state index >= 15 is 0 Å². The SMILES string of the molecule is CCCCCCCCc1ccccc1OP(Oc1c(C(C)(C)C)cc(C)cc1C(C)(C)C)OP(O)O. The number of hydrogen-bond donors (Lipinski definition) is 2. The molecule has 0 heterocycles. The van der Waals surface area contributed by atoms with Gasteiger partial charge in [0, 0.05) is 11.1 Å². The van der Waals surface area contributed by atoms with Gasteiger partial charge >= 0.3 is 17.2 Å². The molecule has 2 N–H and O–H groups in total. The van der Waals surface area contributed by atoms with Crippen molar-refractivity contribution in [3.63, 3.8) is 0 Å². The zero-order chi connectivity index (χ0) is 26.9. The highest BCUT2D eigenvalue weighted by Crippen LogP contribution is 2.54. The Kier molecular flexibility index (Phi) is 12.1. The van der Waals surface area contributed by atoms with Gasteiger partial charge in [-0.3, -0.25) is 0 Å². The van der Waals surface area contributed by atoms with E-state index < -0.39 is 17.2 Å². The third-order valence-corrected chi connectivity index (χ3v) is 7.89. The molecule has 0 saturated carbocycles. The molecule has 0 saturated heterocycles. The van der Waals surface area contributed by atoms with Crippen molar-refractivity contribution in [2.45, 2.75) is 111 Å². The van der Waals surface area contributed by atoms with Gasteiger partial charge in [-0.2, -0.15) is 0 Å². The lowest BCUT2D eigenvalue weighted by molar-refractivity contribution is 0.327. The molecule has 2 aromatic carbocycles. The summed E-state index contributed by atoms with van der Waals surface area (Å²) in [6.45, 7) is 17.2. The molecule has 0 aliphatic carbocycles. The van der Waals surface area contributed by atoms with E-state index in [9.17, 15) is 9.79 Å². The Balaban J connectivity index is 2.35. The molecule has 202 valence electrons. The largest absolute Gasteiger partial charge is 0.470 e. The zero-order valence-electron chi connectivity index (χ0n) is 23.4. The molecule has 2 aromatic rings. The Morgan fingerprint density at radius 3 is 1.89 bits per heavy atom. The van der Waals surface area contributed by atoms with Crippen LogP contribution in [0.4, 0.5) is 0 Å². The molecule has 0 aromatic heterocycles. The second-order valence-electron chi connectivity index (χ2n) is 11.6. The van der Waals surface area contributed by atoms with Gasteiger partial charge in [0.25, 0.3) is 0 Å². The fourth-order valence-electron chi connectivity index (χ4n) is 4.15. The molecule has 0 fully saturated rings. The van der Waals surface area contributed by atoms with Crippen molar-refractivity contribution >= 4 is 17.2 Å². The molecule has 2 rings (SSSR count). The van der Waals surface area contributed by atoms with Crippen LogP contribution < -0.4 is 9.05 Å². The summed E-state index contributed by atoms with van der Waals surface area (Å²) >= 11 is 0. The summed E-state index contributed by atoms with van der Waals surface area (Å²) in [5.74, 6) is 1.35. The van der Waals surface area contributed by atoms with Gasteiger partial charge in [-0.1, -0.05) is 116 Å². The van der Waals surface area contributed by atoms with Crippen LogP contribution in [0.15, 0.2) is 36.4 Å². The second kappa shape index (κ2) is 14.1. The number of benzene rings is 2. The third kappa shape index (κ3) is 9.92. The van der Waals surface area contributed by atoms with Gasteiger partial charge in [0.15, 0.2) is 0 Å². The molecule has 0 amide bonds. The molecule has 5 nitrogen and oxygen atoms in total. The van der Waals surface area contributed by atoms with Crippen LogP contribution in [-0.4, -0.2) is 9.79 Å². The van der Waals surface area contributed by atoms with E-state index in [2.05, 4.69) is 73.6 Å². The lowest BCUT2D eigenvalue weighted by Crippen LogP contribution is -2.19. The lowest BCUT2D eigenvalue weighted by atomic mass is 9.78. The van der Waals surface area contributed by atoms with Crippen molar-refractivity contribution in [1.29, 1.82) is 0 Å². The maximum Gasteiger partial charge on any atom is 0.470 e. The monoisotopic (exact) mass is 536 g/mol. The van der Waals surface area contributed by atoms with E-state index in [0.29, 0.717) is 11.5 Å². The van der Waals surface area contributed by atoms with Crippen molar-refractivity contribution < 1.29 is 23.1 Å². The van der Waals surface area contributed by atoms with Crippen molar-refractivity contribution in [3.8, 4) is 11.5 Å². The van der Waals surface area contributed by atoms with E-state index in [1.165, 1.54) is 32.1 Å². The topological polar surface area (TPSA) is 68.2 Å². The van der Waals surface area contributed by atoms with Gasteiger partial charge in [-0.05, 0) is 42.2 Å². The van der Waals surface area contributed by atoms with Crippen LogP contribution >= 0.6 is 17.2 Å². The van der Waals surface area contributed by atoms with Crippen LogP contribution in [-0.2, 0) is 21.6 Å². The Labute approximate surface area is 221 Å². The summed E-state index contributed by atoms with van der Waals surface area (Å²) in [6, 6.07) is 12.1. The Bertz CT molecular complexity index is 912. The number of aryl methyl sites for hydroxylation is 2. The van der Waals surface area contributed by atoms with Crippen molar-refractivity contribution in [1.82, 2.24) is 0 Å². The molecule has 1 unspecified atom stereocenters. The van der Waals surface area contributed by atoms with E-state index in [4.69, 9.17) is 13.4 Å². The van der Waals surface area contributed by atoms with E-state index in [1.807, 2.05) is 18.2 Å². The third-order valence-electron chi connectivity index (χ3n) is 6.10. The molecule has 0 bridgehead atoms. The maximum atomic E-state index is 9.75. The van der Waals surface area contributed by atoms with Crippen molar-refractivity contribution in [3.05, 3.63) is 58.7 Å². The van der Waals surface area contributed by atoms with Crippen LogP contribution in [0, 0.1) is 6.92 Å². The van der Waals surface area contributed by atoms with E-state index in [1.54, 1.807) is 0 Å². The van der Waals surface area contributed by atoms with Gasteiger partial charge in [0.05, 0.1) is 0 Å². The summed E-state index contributed by atoms with van der Waals surface area (Å²) < 4.78 is 18.1. The standard InChI is InChI=1S/C29H46O5P2/c1-9-10-11-12-13-14-17-23-18-15-16-19-26(23)32-36(34-35(30)31)33-27-24(28(3,4)5)20-22(2)21-25(27)29(6,7)8/h15-16,18-21,30-31H,9-14,17H2,1-8H3. The number of unbranched alkanes of at least 4 members (excludes halogenated alkanes) is 5. The average molecular weight is 537 g/mol. The smallest absolute Gasteiger partial charge is 0.417 e. The molecule has 36 heavy (non-hydrogen) atoms. The minimum absolute atomic E-state index is 0.193. The first-order chi connectivity index (χ1) is 16.8. The van der Waals surface area contributed by atoms with Crippen molar-refractivity contribution in [2.24, 2.45) is 0 Å². The highest BCUT2D eigenvalue weighted by atomic mass is 31.2. The number of para-hydroxylation sites is 1. The van der Waals surface area contributed by atoms with E-state index in [0.717, 1.165) is 35.1 Å². The van der Waals surface area contributed by atoms with Crippen LogP contribution in [0.1, 0.15) is 109 Å². The summed E-state index contributed by atoms with van der Waals surface area (Å²) in [5, 5.41) is 0. The summed E-state index contributed by atoms with van der Waals surface area (Å²) in [7, 11) is -4.77. The van der Waals surface area contributed by atoms with Gasteiger partial charge in [-0.25, -0.2) is 4.31 Å². The molecular weight excluding hydrogens is 490 g/mol. The molecule has 0 aliphatic heterocycles. The van der Waals surface area contributed by atoms with E-state index in [-0.39, 0.29) is 10.8 Å². The van der Waals surface area contributed by atoms with Crippen LogP contribution in [0.25, 0.3) is 0 Å². The van der Waals surface area contributed by atoms with Crippen LogP contribution in [0.5, 0.6) is 11.5 Å². The molecule has 0 spiro atoms. The Hall–Kier alpha value is -1.22. The Morgan fingerprint density at radius 1 is 0.778 bits per heavy atom. The second-order valence-corrected chi connectivity index (χ2v) is 13.5.